The zero-order valence-electron chi connectivity index (χ0n) is 14.1. The van der Waals surface area contributed by atoms with Gasteiger partial charge >= 0.3 is 5.97 Å². The SMILES string of the molecule is CCCC(C[C@@H]1O[C@H]1[C@@H]1OC(C)(C)O[C@@H]1CN=[N+]=[N-])C(=O)OC. The van der Waals surface area contributed by atoms with Crippen LogP contribution in [0.25, 0.3) is 10.4 Å². The fraction of sp³-hybridized carbons (Fsp3) is 0.933. The summed E-state index contributed by atoms with van der Waals surface area (Å²) in [4.78, 5) is 14.6. The second kappa shape index (κ2) is 7.49. The molecule has 0 aromatic heterocycles. The van der Waals surface area contributed by atoms with E-state index in [9.17, 15) is 4.79 Å². The summed E-state index contributed by atoms with van der Waals surface area (Å²) in [5, 5.41) is 3.58. The minimum Gasteiger partial charge on any atom is -0.469 e. The molecule has 5 atom stereocenters. The predicted octanol–water partition coefficient (Wildman–Crippen LogP) is 2.56. The third-order valence-corrected chi connectivity index (χ3v) is 4.18. The molecule has 2 aliphatic heterocycles. The Labute approximate surface area is 136 Å². The van der Waals surface area contributed by atoms with Crippen molar-refractivity contribution in [2.24, 2.45) is 11.0 Å². The van der Waals surface area contributed by atoms with Crippen LogP contribution in [0.3, 0.4) is 0 Å². The molecule has 130 valence electrons. The third kappa shape index (κ3) is 4.57. The van der Waals surface area contributed by atoms with E-state index in [1.54, 1.807) is 0 Å². The van der Waals surface area contributed by atoms with Crippen LogP contribution < -0.4 is 0 Å². The minimum absolute atomic E-state index is 0.0540. The first kappa shape index (κ1) is 18.0. The number of methoxy groups -OCH3 is 1. The van der Waals surface area contributed by atoms with Crippen molar-refractivity contribution in [3.8, 4) is 0 Å². The van der Waals surface area contributed by atoms with E-state index < -0.39 is 5.79 Å². The monoisotopic (exact) mass is 327 g/mol. The van der Waals surface area contributed by atoms with Crippen LogP contribution in [-0.4, -0.2) is 49.8 Å². The van der Waals surface area contributed by atoms with Crippen LogP contribution in [0, 0.1) is 5.92 Å². The first-order valence-electron chi connectivity index (χ1n) is 8.01. The number of carbonyl (C=O) groups excluding carboxylic acids is 1. The number of azide groups is 1. The van der Waals surface area contributed by atoms with Gasteiger partial charge in [0.1, 0.15) is 12.2 Å². The molecule has 0 amide bonds. The molecular formula is C15H25N3O5. The smallest absolute Gasteiger partial charge is 0.308 e. The fourth-order valence-corrected chi connectivity index (χ4v) is 3.16. The summed E-state index contributed by atoms with van der Waals surface area (Å²) >= 11 is 0. The quantitative estimate of drug-likeness (QED) is 0.224. The van der Waals surface area contributed by atoms with Gasteiger partial charge in [-0.15, -0.1) is 0 Å². The number of rotatable bonds is 8. The molecule has 2 saturated heterocycles. The molecule has 0 aromatic rings. The Morgan fingerprint density at radius 3 is 2.70 bits per heavy atom. The molecule has 0 N–H and O–H groups in total. The summed E-state index contributed by atoms with van der Waals surface area (Å²) in [5.41, 5.74) is 8.49. The van der Waals surface area contributed by atoms with Crippen molar-refractivity contribution in [3.63, 3.8) is 0 Å². The van der Waals surface area contributed by atoms with Gasteiger partial charge in [0.05, 0.1) is 31.8 Å². The van der Waals surface area contributed by atoms with E-state index in [1.807, 2.05) is 20.8 Å². The van der Waals surface area contributed by atoms with Crippen molar-refractivity contribution in [3.05, 3.63) is 10.4 Å². The van der Waals surface area contributed by atoms with Crippen LogP contribution in [0.2, 0.25) is 0 Å². The zero-order chi connectivity index (χ0) is 17.0. The molecule has 2 aliphatic rings. The fourth-order valence-electron chi connectivity index (χ4n) is 3.16. The lowest BCUT2D eigenvalue weighted by molar-refractivity contribution is -0.147. The average molecular weight is 327 g/mol. The van der Waals surface area contributed by atoms with E-state index in [-0.39, 0.29) is 42.8 Å². The van der Waals surface area contributed by atoms with Gasteiger partial charge < -0.3 is 18.9 Å². The van der Waals surface area contributed by atoms with E-state index in [2.05, 4.69) is 10.0 Å². The molecule has 0 saturated carbocycles. The first-order chi connectivity index (χ1) is 10.9. The summed E-state index contributed by atoms with van der Waals surface area (Å²) < 4.78 is 22.3. The highest BCUT2D eigenvalue weighted by Crippen LogP contribution is 2.41. The van der Waals surface area contributed by atoms with Crippen LogP contribution in [-0.2, 0) is 23.7 Å². The van der Waals surface area contributed by atoms with Crippen LogP contribution >= 0.6 is 0 Å². The lowest BCUT2D eigenvalue weighted by Crippen LogP contribution is -2.32. The van der Waals surface area contributed by atoms with Crippen LogP contribution in [0.4, 0.5) is 0 Å². The first-order valence-corrected chi connectivity index (χ1v) is 8.01. The maximum absolute atomic E-state index is 11.8. The Morgan fingerprint density at radius 2 is 2.09 bits per heavy atom. The molecular weight excluding hydrogens is 302 g/mol. The Bertz CT molecular complexity index is 478. The summed E-state index contributed by atoms with van der Waals surface area (Å²) in [6.45, 7) is 5.88. The highest BCUT2D eigenvalue weighted by atomic mass is 16.8. The third-order valence-electron chi connectivity index (χ3n) is 4.18. The van der Waals surface area contributed by atoms with Crippen molar-refractivity contribution >= 4 is 5.97 Å². The summed E-state index contributed by atoms with van der Waals surface area (Å²) in [6.07, 6.45) is 1.47. The van der Waals surface area contributed by atoms with Gasteiger partial charge in [0.25, 0.3) is 0 Å². The van der Waals surface area contributed by atoms with Gasteiger partial charge in [-0.3, -0.25) is 4.79 Å². The standard InChI is InChI=1S/C15H25N3O5/c1-5-6-9(14(19)20-4)7-10-12(21-10)13-11(8-17-18-16)22-15(2,3)23-13/h9-13H,5-8H2,1-4H3/t9?,10-,11+,12+,13+/m0/s1. The maximum Gasteiger partial charge on any atom is 0.308 e. The molecule has 2 rings (SSSR count). The highest BCUT2D eigenvalue weighted by Gasteiger charge is 2.55. The van der Waals surface area contributed by atoms with Crippen molar-refractivity contribution in [2.45, 2.75) is 70.2 Å². The van der Waals surface area contributed by atoms with Gasteiger partial charge in [-0.05, 0) is 32.2 Å². The van der Waals surface area contributed by atoms with Gasteiger partial charge in [0, 0.05) is 4.91 Å². The number of carbonyl (C=O) groups is 1. The van der Waals surface area contributed by atoms with Crippen molar-refractivity contribution in [2.75, 3.05) is 13.7 Å². The molecule has 0 spiro atoms. The number of hydrogen-bond acceptors (Lipinski definition) is 6. The van der Waals surface area contributed by atoms with Crippen molar-refractivity contribution in [1.82, 2.24) is 0 Å². The van der Waals surface area contributed by atoms with Gasteiger partial charge in [0.15, 0.2) is 5.79 Å². The van der Waals surface area contributed by atoms with Crippen LogP contribution in [0.5, 0.6) is 0 Å². The second-order valence-corrected chi connectivity index (χ2v) is 6.44. The normalized spacial score (nSPS) is 32.9. The Kier molecular flexibility index (Phi) is 5.86. The topological polar surface area (TPSA) is 106 Å². The Balaban J connectivity index is 1.95. The Hall–Kier alpha value is -1.34. The molecule has 8 heteroatoms. The average Bonchev–Trinajstić information content (AvgIpc) is 3.19. The van der Waals surface area contributed by atoms with Gasteiger partial charge in [-0.25, -0.2) is 0 Å². The highest BCUT2D eigenvalue weighted by molar-refractivity contribution is 5.72. The van der Waals surface area contributed by atoms with E-state index in [4.69, 9.17) is 24.5 Å². The minimum atomic E-state index is -0.734. The molecule has 0 aromatic carbocycles. The molecule has 0 bridgehead atoms. The molecule has 2 fully saturated rings. The van der Waals surface area contributed by atoms with E-state index >= 15 is 0 Å². The number of ether oxygens (including phenoxy) is 4. The summed E-state index contributed by atoms with van der Waals surface area (Å²) in [5.74, 6) is -1.09. The van der Waals surface area contributed by atoms with E-state index in [0.717, 1.165) is 12.8 Å². The second-order valence-electron chi connectivity index (χ2n) is 6.44. The molecule has 8 nitrogen and oxygen atoms in total. The number of esters is 1. The van der Waals surface area contributed by atoms with Gasteiger partial charge in [-0.2, -0.15) is 0 Å². The number of epoxide rings is 1. The number of nitrogens with zero attached hydrogens (tertiary/aromatic N) is 3. The van der Waals surface area contributed by atoms with Crippen LogP contribution in [0.15, 0.2) is 5.11 Å². The van der Waals surface area contributed by atoms with Crippen molar-refractivity contribution in [1.29, 1.82) is 0 Å². The Morgan fingerprint density at radius 1 is 1.35 bits per heavy atom. The van der Waals surface area contributed by atoms with E-state index in [0.29, 0.717) is 6.42 Å². The summed E-state index contributed by atoms with van der Waals surface area (Å²) in [6, 6.07) is 0. The van der Waals surface area contributed by atoms with E-state index in [1.165, 1.54) is 7.11 Å². The van der Waals surface area contributed by atoms with Gasteiger partial charge in [-0.1, -0.05) is 18.5 Å². The predicted molar refractivity (Wildman–Crippen MR) is 81.5 cm³/mol. The lowest BCUT2D eigenvalue weighted by atomic mass is 9.95. The van der Waals surface area contributed by atoms with Crippen LogP contribution in [0.1, 0.15) is 40.0 Å². The molecule has 23 heavy (non-hydrogen) atoms. The molecule has 0 aliphatic carbocycles. The maximum atomic E-state index is 11.8. The number of hydrogen-bond donors (Lipinski definition) is 0. The van der Waals surface area contributed by atoms with Gasteiger partial charge in [0.2, 0.25) is 0 Å². The zero-order valence-corrected chi connectivity index (χ0v) is 14.1. The summed E-state index contributed by atoms with van der Waals surface area (Å²) in [7, 11) is 1.41. The molecule has 0 radical (unpaired) electrons. The largest absolute Gasteiger partial charge is 0.469 e. The van der Waals surface area contributed by atoms with Crippen molar-refractivity contribution < 1.29 is 23.7 Å². The lowest BCUT2D eigenvalue weighted by Gasteiger charge is -2.16. The molecule has 1 unspecified atom stereocenters. The molecule has 2 heterocycles.